The van der Waals surface area contributed by atoms with Crippen molar-refractivity contribution in [3.63, 3.8) is 0 Å². The fraction of sp³-hybridized carbons (Fsp3) is 0.267. The third kappa shape index (κ3) is 2.71. The van der Waals surface area contributed by atoms with Crippen molar-refractivity contribution in [1.29, 1.82) is 0 Å². The number of nitrogens with zero attached hydrogens (tertiary/aromatic N) is 1. The Morgan fingerprint density at radius 3 is 2.47 bits per heavy atom. The monoisotopic (exact) mass is 226 g/mol. The number of benzene rings is 1. The summed E-state index contributed by atoms with van der Waals surface area (Å²) in [5.41, 5.74) is 6.06. The summed E-state index contributed by atoms with van der Waals surface area (Å²) in [5.74, 6) is 0. The zero-order valence-electron chi connectivity index (χ0n) is 10.6. The first-order valence-corrected chi connectivity index (χ1v) is 5.88. The molecule has 1 aromatic carbocycles. The van der Waals surface area contributed by atoms with Crippen molar-refractivity contribution in [3.05, 3.63) is 53.2 Å². The Morgan fingerprint density at radius 2 is 1.88 bits per heavy atom. The van der Waals surface area contributed by atoms with E-state index in [1.807, 2.05) is 13.2 Å². The van der Waals surface area contributed by atoms with Crippen LogP contribution < -0.4 is 5.32 Å². The molecule has 88 valence electrons. The molecule has 0 saturated heterocycles. The van der Waals surface area contributed by atoms with E-state index in [-0.39, 0.29) is 0 Å². The van der Waals surface area contributed by atoms with Crippen molar-refractivity contribution in [2.45, 2.75) is 20.4 Å². The molecule has 0 saturated carbocycles. The van der Waals surface area contributed by atoms with Crippen LogP contribution in [0.3, 0.4) is 0 Å². The summed E-state index contributed by atoms with van der Waals surface area (Å²) in [5, 5.41) is 3.12. The molecule has 0 aliphatic carbocycles. The number of nitrogens with one attached hydrogen (secondary N) is 1. The highest BCUT2D eigenvalue weighted by atomic mass is 14.8. The average molecular weight is 226 g/mol. The van der Waals surface area contributed by atoms with E-state index in [2.05, 4.69) is 54.5 Å². The maximum atomic E-state index is 4.50. The van der Waals surface area contributed by atoms with Gasteiger partial charge in [0.25, 0.3) is 0 Å². The molecule has 0 radical (unpaired) electrons. The average Bonchev–Trinajstić information content (AvgIpc) is 2.34. The smallest absolute Gasteiger partial charge is 0.0702 e. The van der Waals surface area contributed by atoms with E-state index in [1.54, 1.807) is 0 Å². The number of rotatable bonds is 3. The van der Waals surface area contributed by atoms with Gasteiger partial charge in [0.2, 0.25) is 0 Å². The zero-order chi connectivity index (χ0) is 12.3. The van der Waals surface area contributed by atoms with Gasteiger partial charge in [0, 0.05) is 18.3 Å². The standard InChI is InChI=1S/C15H18N2/c1-11-4-6-14(8-12(11)2)15-7-5-13(9-16-3)10-17-15/h4-8,10,16H,9H2,1-3H3. The quantitative estimate of drug-likeness (QED) is 0.870. The maximum absolute atomic E-state index is 4.50. The fourth-order valence-corrected chi connectivity index (χ4v) is 1.80. The summed E-state index contributed by atoms with van der Waals surface area (Å²) in [6.07, 6.45) is 1.93. The van der Waals surface area contributed by atoms with Gasteiger partial charge in [-0.2, -0.15) is 0 Å². The molecule has 0 aliphatic rings. The molecule has 0 unspecified atom stereocenters. The van der Waals surface area contributed by atoms with Gasteiger partial charge < -0.3 is 5.32 Å². The number of hydrogen-bond donors (Lipinski definition) is 1. The van der Waals surface area contributed by atoms with Crippen molar-refractivity contribution in [1.82, 2.24) is 10.3 Å². The minimum atomic E-state index is 0.861. The van der Waals surface area contributed by atoms with Crippen LogP contribution in [0.5, 0.6) is 0 Å². The van der Waals surface area contributed by atoms with Crippen LogP contribution in [-0.4, -0.2) is 12.0 Å². The third-order valence-corrected chi connectivity index (χ3v) is 3.01. The predicted molar refractivity (Wildman–Crippen MR) is 71.9 cm³/mol. The van der Waals surface area contributed by atoms with Crippen LogP contribution >= 0.6 is 0 Å². The highest BCUT2D eigenvalue weighted by molar-refractivity contribution is 5.60. The summed E-state index contributed by atoms with van der Waals surface area (Å²) in [6, 6.07) is 10.7. The SMILES string of the molecule is CNCc1ccc(-c2ccc(C)c(C)c2)nc1. The van der Waals surface area contributed by atoms with Crippen molar-refractivity contribution >= 4 is 0 Å². The topological polar surface area (TPSA) is 24.9 Å². The molecule has 1 aromatic heterocycles. The number of aryl methyl sites for hydroxylation is 2. The molecule has 2 rings (SSSR count). The van der Waals surface area contributed by atoms with Crippen LogP contribution in [0.15, 0.2) is 36.5 Å². The summed E-state index contributed by atoms with van der Waals surface area (Å²) < 4.78 is 0. The first-order chi connectivity index (χ1) is 8.20. The molecule has 2 heteroatoms. The minimum Gasteiger partial charge on any atom is -0.316 e. The highest BCUT2D eigenvalue weighted by Crippen LogP contribution is 2.20. The van der Waals surface area contributed by atoms with Gasteiger partial charge in [-0.1, -0.05) is 18.2 Å². The maximum Gasteiger partial charge on any atom is 0.0702 e. The van der Waals surface area contributed by atoms with E-state index in [0.717, 1.165) is 12.2 Å². The normalized spacial score (nSPS) is 10.5. The van der Waals surface area contributed by atoms with E-state index in [9.17, 15) is 0 Å². The largest absolute Gasteiger partial charge is 0.316 e. The molecule has 0 amide bonds. The lowest BCUT2D eigenvalue weighted by molar-refractivity contribution is 0.813. The Kier molecular flexibility index (Phi) is 3.55. The van der Waals surface area contributed by atoms with Gasteiger partial charge >= 0.3 is 0 Å². The molecule has 17 heavy (non-hydrogen) atoms. The van der Waals surface area contributed by atoms with Gasteiger partial charge in [-0.15, -0.1) is 0 Å². The second-order valence-electron chi connectivity index (χ2n) is 4.38. The zero-order valence-corrected chi connectivity index (χ0v) is 10.6. The van der Waals surface area contributed by atoms with E-state index >= 15 is 0 Å². The van der Waals surface area contributed by atoms with Gasteiger partial charge in [0.05, 0.1) is 5.69 Å². The number of pyridine rings is 1. The Balaban J connectivity index is 2.30. The molecule has 1 heterocycles. The van der Waals surface area contributed by atoms with Crippen molar-refractivity contribution in [3.8, 4) is 11.3 Å². The molecular formula is C15H18N2. The van der Waals surface area contributed by atoms with Crippen molar-refractivity contribution in [2.24, 2.45) is 0 Å². The fourth-order valence-electron chi connectivity index (χ4n) is 1.80. The molecule has 0 fully saturated rings. The van der Waals surface area contributed by atoms with E-state index in [1.165, 1.54) is 22.3 Å². The van der Waals surface area contributed by atoms with E-state index in [0.29, 0.717) is 0 Å². The molecule has 2 aromatic rings. The van der Waals surface area contributed by atoms with E-state index in [4.69, 9.17) is 0 Å². The van der Waals surface area contributed by atoms with Crippen LogP contribution in [0.1, 0.15) is 16.7 Å². The molecule has 0 atom stereocenters. The van der Waals surface area contributed by atoms with Crippen LogP contribution in [0.25, 0.3) is 11.3 Å². The van der Waals surface area contributed by atoms with Crippen molar-refractivity contribution in [2.75, 3.05) is 7.05 Å². The molecule has 0 aliphatic heterocycles. The lowest BCUT2D eigenvalue weighted by Gasteiger charge is -2.06. The van der Waals surface area contributed by atoms with Gasteiger partial charge in [0.15, 0.2) is 0 Å². The summed E-state index contributed by atoms with van der Waals surface area (Å²) in [7, 11) is 1.94. The molecular weight excluding hydrogens is 208 g/mol. The lowest BCUT2D eigenvalue weighted by atomic mass is 10.0. The van der Waals surface area contributed by atoms with Crippen LogP contribution in [-0.2, 0) is 6.54 Å². The van der Waals surface area contributed by atoms with Gasteiger partial charge in [-0.05, 0) is 49.7 Å². The van der Waals surface area contributed by atoms with E-state index < -0.39 is 0 Å². The van der Waals surface area contributed by atoms with Gasteiger partial charge in [-0.3, -0.25) is 4.98 Å². The van der Waals surface area contributed by atoms with Gasteiger partial charge in [-0.25, -0.2) is 0 Å². The molecule has 0 bridgehead atoms. The Bertz CT molecular complexity index is 501. The summed E-state index contributed by atoms with van der Waals surface area (Å²) in [4.78, 5) is 4.50. The van der Waals surface area contributed by atoms with Gasteiger partial charge in [0.1, 0.15) is 0 Å². The second-order valence-corrected chi connectivity index (χ2v) is 4.38. The first-order valence-electron chi connectivity index (χ1n) is 5.88. The predicted octanol–water partition coefficient (Wildman–Crippen LogP) is 3.08. The Morgan fingerprint density at radius 1 is 1.06 bits per heavy atom. The second kappa shape index (κ2) is 5.11. The summed E-state index contributed by atoms with van der Waals surface area (Å²) >= 11 is 0. The minimum absolute atomic E-state index is 0.861. The molecule has 2 nitrogen and oxygen atoms in total. The van der Waals surface area contributed by atoms with Crippen LogP contribution in [0, 0.1) is 13.8 Å². The number of hydrogen-bond acceptors (Lipinski definition) is 2. The first kappa shape index (κ1) is 11.8. The van der Waals surface area contributed by atoms with Crippen LogP contribution in [0.4, 0.5) is 0 Å². The third-order valence-electron chi connectivity index (χ3n) is 3.01. The molecule has 0 spiro atoms. The lowest BCUT2D eigenvalue weighted by Crippen LogP contribution is -2.05. The van der Waals surface area contributed by atoms with Crippen molar-refractivity contribution < 1.29 is 0 Å². The summed E-state index contributed by atoms with van der Waals surface area (Å²) in [6.45, 7) is 5.12. The Hall–Kier alpha value is -1.67. The number of aromatic nitrogens is 1. The van der Waals surface area contributed by atoms with Crippen LogP contribution in [0.2, 0.25) is 0 Å². The highest BCUT2D eigenvalue weighted by Gasteiger charge is 2.01. The molecule has 1 N–H and O–H groups in total. The Labute approximate surface area is 103 Å².